The van der Waals surface area contributed by atoms with Gasteiger partial charge in [0.25, 0.3) is 5.91 Å². The molecule has 2 heterocycles. The summed E-state index contributed by atoms with van der Waals surface area (Å²) < 4.78 is 23.2. The van der Waals surface area contributed by atoms with Crippen molar-refractivity contribution < 1.29 is 18.0 Å². The second kappa shape index (κ2) is 8.37. The predicted octanol–water partition coefficient (Wildman–Crippen LogP) is 1.75. The lowest BCUT2D eigenvalue weighted by Crippen LogP contribution is -2.43. The lowest BCUT2D eigenvalue weighted by atomic mass is 10.2. The number of sulfone groups is 1. The SMILES string of the molecule is O=C(CN1C(=O)/C(=C\C=C\c2ccccc2)SC1=S)N[C@@H]1CCS(=O)(=O)C1. The average molecular weight is 423 g/mol. The average Bonchev–Trinajstić information content (AvgIpc) is 3.09. The molecule has 1 aromatic carbocycles. The van der Waals surface area contributed by atoms with Crippen molar-refractivity contribution in [3.63, 3.8) is 0 Å². The van der Waals surface area contributed by atoms with Crippen LogP contribution < -0.4 is 5.32 Å². The molecule has 2 aliphatic heterocycles. The first-order valence-electron chi connectivity index (χ1n) is 8.31. The number of carbonyl (C=O) groups is 2. The summed E-state index contributed by atoms with van der Waals surface area (Å²) in [7, 11) is -3.07. The minimum atomic E-state index is -3.07. The maximum absolute atomic E-state index is 12.5. The molecule has 27 heavy (non-hydrogen) atoms. The molecule has 2 aliphatic rings. The summed E-state index contributed by atoms with van der Waals surface area (Å²) in [5, 5.41) is 2.67. The fraction of sp³-hybridized carbons (Fsp3) is 0.278. The number of benzene rings is 1. The Morgan fingerprint density at radius 1 is 1.33 bits per heavy atom. The molecule has 1 N–H and O–H groups in total. The third-order valence-electron chi connectivity index (χ3n) is 4.11. The largest absolute Gasteiger partial charge is 0.351 e. The van der Waals surface area contributed by atoms with E-state index in [1.165, 1.54) is 4.90 Å². The van der Waals surface area contributed by atoms with Gasteiger partial charge in [-0.2, -0.15) is 0 Å². The van der Waals surface area contributed by atoms with E-state index in [9.17, 15) is 18.0 Å². The first-order chi connectivity index (χ1) is 12.8. The van der Waals surface area contributed by atoms with E-state index in [0.29, 0.717) is 15.6 Å². The van der Waals surface area contributed by atoms with Crippen LogP contribution in [0.4, 0.5) is 0 Å². The quantitative estimate of drug-likeness (QED) is 0.575. The van der Waals surface area contributed by atoms with Crippen LogP contribution >= 0.6 is 24.0 Å². The highest BCUT2D eigenvalue weighted by Gasteiger charge is 2.34. The van der Waals surface area contributed by atoms with E-state index >= 15 is 0 Å². The van der Waals surface area contributed by atoms with Crippen LogP contribution in [-0.2, 0) is 19.4 Å². The number of thiocarbonyl (C=S) groups is 1. The molecule has 0 unspecified atom stereocenters. The standard InChI is InChI=1S/C18H18N2O4S3/c21-16(19-14-9-10-27(23,24)12-14)11-20-17(22)15(26-18(20)25)8-4-7-13-5-2-1-3-6-13/h1-8,14H,9-12H2,(H,19,21)/b7-4+,15-8+/t14-/m1/s1. The second-order valence-corrected chi connectivity index (χ2v) is 10.1. The summed E-state index contributed by atoms with van der Waals surface area (Å²) in [5.41, 5.74) is 1.01. The van der Waals surface area contributed by atoms with Crippen LogP contribution in [0.5, 0.6) is 0 Å². The van der Waals surface area contributed by atoms with Gasteiger partial charge in [-0.1, -0.05) is 66.5 Å². The molecule has 142 valence electrons. The van der Waals surface area contributed by atoms with Crippen LogP contribution in [-0.4, -0.2) is 53.5 Å². The van der Waals surface area contributed by atoms with Crippen LogP contribution in [0, 0.1) is 0 Å². The molecule has 1 aromatic rings. The topological polar surface area (TPSA) is 83.6 Å². The number of thioether (sulfide) groups is 1. The van der Waals surface area contributed by atoms with Crippen LogP contribution in [0.15, 0.2) is 47.4 Å². The summed E-state index contributed by atoms with van der Waals surface area (Å²) in [4.78, 5) is 26.3. The van der Waals surface area contributed by atoms with Crippen molar-refractivity contribution in [2.45, 2.75) is 12.5 Å². The van der Waals surface area contributed by atoms with Gasteiger partial charge < -0.3 is 5.32 Å². The van der Waals surface area contributed by atoms with Gasteiger partial charge in [-0.3, -0.25) is 14.5 Å². The zero-order valence-corrected chi connectivity index (χ0v) is 16.8. The van der Waals surface area contributed by atoms with E-state index in [1.54, 1.807) is 12.2 Å². The monoisotopic (exact) mass is 422 g/mol. The normalized spacial score (nSPS) is 23.5. The summed E-state index contributed by atoms with van der Waals surface area (Å²) in [6.07, 6.45) is 5.72. The number of nitrogens with zero attached hydrogens (tertiary/aromatic N) is 1. The third kappa shape index (κ3) is 5.27. The van der Waals surface area contributed by atoms with Crippen LogP contribution in [0.3, 0.4) is 0 Å². The molecule has 0 bridgehead atoms. The van der Waals surface area contributed by atoms with E-state index < -0.39 is 21.8 Å². The number of rotatable bonds is 5. The summed E-state index contributed by atoms with van der Waals surface area (Å²) in [6.45, 7) is -0.207. The van der Waals surface area contributed by atoms with Gasteiger partial charge in [0, 0.05) is 6.04 Å². The Hall–Kier alpha value is -1.97. The van der Waals surface area contributed by atoms with Crippen molar-refractivity contribution in [2.24, 2.45) is 0 Å². The van der Waals surface area contributed by atoms with Crippen molar-refractivity contribution >= 4 is 56.0 Å². The molecular formula is C18H18N2O4S3. The molecule has 0 aliphatic carbocycles. The zero-order valence-electron chi connectivity index (χ0n) is 14.3. The van der Waals surface area contributed by atoms with Gasteiger partial charge in [-0.15, -0.1) is 0 Å². The van der Waals surface area contributed by atoms with Crippen LogP contribution in [0.25, 0.3) is 6.08 Å². The number of nitrogens with one attached hydrogen (secondary N) is 1. The molecule has 3 rings (SSSR count). The zero-order chi connectivity index (χ0) is 19.4. The number of hydrogen-bond acceptors (Lipinski definition) is 6. The molecule has 0 saturated carbocycles. The lowest BCUT2D eigenvalue weighted by molar-refractivity contribution is -0.129. The van der Waals surface area contributed by atoms with E-state index in [1.807, 2.05) is 36.4 Å². The molecule has 0 aromatic heterocycles. The van der Waals surface area contributed by atoms with Gasteiger partial charge in [-0.05, 0) is 18.1 Å². The smallest absolute Gasteiger partial charge is 0.266 e. The van der Waals surface area contributed by atoms with E-state index in [0.717, 1.165) is 17.3 Å². The minimum absolute atomic E-state index is 0.0542. The molecular weight excluding hydrogens is 404 g/mol. The Morgan fingerprint density at radius 2 is 2.07 bits per heavy atom. The fourth-order valence-corrected chi connectivity index (χ4v) is 5.67. The molecule has 0 spiro atoms. The lowest BCUT2D eigenvalue weighted by Gasteiger charge is -2.16. The molecule has 2 amide bonds. The minimum Gasteiger partial charge on any atom is -0.351 e. The maximum atomic E-state index is 12.5. The first kappa shape index (κ1) is 19.8. The Labute approximate surface area is 167 Å². The Kier molecular flexibility index (Phi) is 6.13. The Morgan fingerprint density at radius 3 is 2.74 bits per heavy atom. The van der Waals surface area contributed by atoms with Crippen molar-refractivity contribution in [1.82, 2.24) is 10.2 Å². The Balaban J connectivity index is 1.58. The second-order valence-electron chi connectivity index (χ2n) is 6.23. The van der Waals surface area contributed by atoms with Gasteiger partial charge in [0.05, 0.1) is 16.4 Å². The van der Waals surface area contributed by atoms with Crippen molar-refractivity contribution in [2.75, 3.05) is 18.1 Å². The highest BCUT2D eigenvalue weighted by Crippen LogP contribution is 2.30. The molecule has 2 saturated heterocycles. The maximum Gasteiger partial charge on any atom is 0.266 e. The molecule has 9 heteroatoms. The van der Waals surface area contributed by atoms with Gasteiger partial charge in [0.1, 0.15) is 10.9 Å². The molecule has 2 fully saturated rings. The van der Waals surface area contributed by atoms with Crippen molar-refractivity contribution in [1.29, 1.82) is 0 Å². The van der Waals surface area contributed by atoms with Crippen molar-refractivity contribution in [3.05, 3.63) is 53.0 Å². The Bertz CT molecular complexity index is 923. The number of carbonyl (C=O) groups excluding carboxylic acids is 2. The number of hydrogen-bond donors (Lipinski definition) is 1. The van der Waals surface area contributed by atoms with Gasteiger partial charge in [0.2, 0.25) is 5.91 Å². The highest BCUT2D eigenvalue weighted by atomic mass is 32.2. The van der Waals surface area contributed by atoms with Gasteiger partial charge in [0.15, 0.2) is 9.84 Å². The molecule has 6 nitrogen and oxygen atoms in total. The summed E-state index contributed by atoms with van der Waals surface area (Å²) in [6, 6.07) is 9.27. The fourth-order valence-electron chi connectivity index (χ4n) is 2.79. The van der Waals surface area contributed by atoms with Crippen LogP contribution in [0.2, 0.25) is 0 Å². The number of allylic oxidation sites excluding steroid dienone is 2. The predicted molar refractivity (Wildman–Crippen MR) is 111 cm³/mol. The molecule has 0 radical (unpaired) electrons. The van der Waals surface area contributed by atoms with E-state index in [-0.39, 0.29) is 24.0 Å². The molecule has 1 atom stereocenters. The number of amides is 2. The van der Waals surface area contributed by atoms with E-state index in [2.05, 4.69) is 5.32 Å². The summed E-state index contributed by atoms with van der Waals surface area (Å²) in [5.74, 6) is -0.706. The van der Waals surface area contributed by atoms with Gasteiger partial charge in [-0.25, -0.2) is 8.42 Å². The van der Waals surface area contributed by atoms with Crippen molar-refractivity contribution in [3.8, 4) is 0 Å². The van der Waals surface area contributed by atoms with Gasteiger partial charge >= 0.3 is 0 Å². The van der Waals surface area contributed by atoms with Crippen LogP contribution in [0.1, 0.15) is 12.0 Å². The van der Waals surface area contributed by atoms with E-state index in [4.69, 9.17) is 12.2 Å². The highest BCUT2D eigenvalue weighted by molar-refractivity contribution is 8.26. The third-order valence-corrected chi connectivity index (χ3v) is 7.27. The summed E-state index contributed by atoms with van der Waals surface area (Å²) >= 11 is 6.35. The first-order valence-corrected chi connectivity index (χ1v) is 11.4.